The van der Waals surface area contributed by atoms with Crippen molar-refractivity contribution in [3.05, 3.63) is 59.4 Å². The Kier molecular flexibility index (Phi) is 15.1. The number of hydrogen-bond donors (Lipinski definition) is 1. The molecular weight excluding hydrogens is 539 g/mol. The maximum Gasteiger partial charge on any atom is 0.338 e. The molecule has 0 aliphatic rings. The van der Waals surface area contributed by atoms with Crippen molar-refractivity contribution in [1.82, 2.24) is 0 Å². The van der Waals surface area contributed by atoms with Gasteiger partial charge in [-0.15, -0.1) is 0 Å². The van der Waals surface area contributed by atoms with E-state index in [1.807, 2.05) is 0 Å². The van der Waals surface area contributed by atoms with E-state index in [1.165, 1.54) is 37.8 Å². The number of unbranched alkanes of at least 4 members (excludes halogenated alkanes) is 5. The molecule has 2 rings (SSSR count). The molecule has 1 amide bonds. The monoisotopic (exact) mass is 580 g/mol. The van der Waals surface area contributed by atoms with E-state index in [0.717, 1.165) is 36.5 Å². The Morgan fingerprint density at radius 1 is 0.919 bits per heavy atom. The van der Waals surface area contributed by atoms with Crippen LogP contribution in [0.3, 0.4) is 0 Å². The molecule has 0 heterocycles. The molecule has 0 saturated heterocycles. The summed E-state index contributed by atoms with van der Waals surface area (Å²) in [6.45, 7) is 9.71. The minimum Gasteiger partial charge on any atom is -1.00 e. The number of ether oxygens (including phenoxy) is 2. The van der Waals surface area contributed by atoms with Gasteiger partial charge in [-0.3, -0.25) is 4.79 Å². The highest BCUT2D eigenvalue weighted by molar-refractivity contribution is 6.06. The number of hydrogen-bond acceptors (Lipinski definition) is 4. The molecule has 0 aliphatic carbocycles. The summed E-state index contributed by atoms with van der Waals surface area (Å²) in [6.07, 6.45) is 6.88. The molecule has 1 N–H and O–H groups in total. The van der Waals surface area contributed by atoms with Gasteiger partial charge in [0, 0.05) is 0 Å². The second kappa shape index (κ2) is 17.1. The fourth-order valence-electron chi connectivity index (χ4n) is 3.76. The first-order chi connectivity index (χ1) is 17.3. The Bertz CT molecular complexity index is 982. The number of carbonyl (C=O) groups is 2. The first kappa shape index (κ1) is 32.6. The normalized spacial score (nSPS) is 10.9. The van der Waals surface area contributed by atoms with Crippen LogP contribution in [0, 0.1) is 5.82 Å². The van der Waals surface area contributed by atoms with E-state index < -0.39 is 17.7 Å². The molecule has 0 bridgehead atoms. The van der Waals surface area contributed by atoms with Gasteiger partial charge in [0.15, 0.2) is 0 Å². The van der Waals surface area contributed by atoms with Crippen molar-refractivity contribution in [3.8, 4) is 5.75 Å². The number of para-hydroxylation sites is 1. The predicted octanol–water partition coefficient (Wildman–Crippen LogP) is 3.46. The van der Waals surface area contributed by atoms with Gasteiger partial charge in [-0.25, -0.2) is 9.18 Å². The molecule has 2 aromatic carbocycles. The number of carbonyl (C=O) groups excluding carboxylic acids is 2. The lowest BCUT2D eigenvalue weighted by Gasteiger charge is -2.31. The first-order valence-corrected chi connectivity index (χ1v) is 13.2. The number of likely N-dealkylation sites (N-methyl/N-ethyl adjacent to an activating group) is 1. The molecule has 0 saturated carbocycles. The highest BCUT2D eigenvalue weighted by Crippen LogP contribution is 2.22. The maximum absolute atomic E-state index is 14.7. The molecule has 0 unspecified atom stereocenters. The van der Waals surface area contributed by atoms with E-state index in [4.69, 9.17) is 9.47 Å². The third-order valence-corrected chi connectivity index (χ3v) is 6.73. The number of anilines is 1. The molecular formula is C29H42BrFN2O4. The average molecular weight is 582 g/mol. The maximum atomic E-state index is 14.7. The van der Waals surface area contributed by atoms with Crippen molar-refractivity contribution in [2.24, 2.45) is 0 Å². The van der Waals surface area contributed by atoms with Crippen molar-refractivity contribution >= 4 is 17.6 Å². The van der Waals surface area contributed by atoms with Crippen LogP contribution in [-0.4, -0.2) is 56.3 Å². The third-order valence-electron chi connectivity index (χ3n) is 6.73. The molecule has 0 aliphatic heterocycles. The fraction of sp³-hybridized carbons (Fsp3) is 0.517. The Morgan fingerprint density at radius 2 is 1.59 bits per heavy atom. The van der Waals surface area contributed by atoms with Gasteiger partial charge in [0.2, 0.25) is 0 Å². The SMILES string of the molecule is CCCCCCCCOc1ccccc1C(=O)Nc1ccc(C(=O)OCC[N+](C)(CC)CC)cc1F.[Br-]. The number of halogens is 2. The van der Waals surface area contributed by atoms with E-state index in [9.17, 15) is 14.0 Å². The fourth-order valence-corrected chi connectivity index (χ4v) is 3.76. The number of esters is 1. The molecule has 206 valence electrons. The lowest BCUT2D eigenvalue weighted by atomic mass is 10.1. The van der Waals surface area contributed by atoms with Crippen LogP contribution in [0.4, 0.5) is 10.1 Å². The summed E-state index contributed by atoms with van der Waals surface area (Å²) in [5, 5.41) is 2.59. The van der Waals surface area contributed by atoms with Gasteiger partial charge in [-0.05, 0) is 50.6 Å². The Hall–Kier alpha value is -2.45. The quantitative estimate of drug-likeness (QED) is 0.188. The van der Waals surface area contributed by atoms with Crippen LogP contribution in [0.25, 0.3) is 0 Å². The summed E-state index contributed by atoms with van der Waals surface area (Å²) in [5.41, 5.74) is 0.429. The molecule has 8 heteroatoms. The predicted molar refractivity (Wildman–Crippen MR) is 142 cm³/mol. The lowest BCUT2D eigenvalue weighted by Crippen LogP contribution is -3.00. The number of nitrogens with zero attached hydrogens (tertiary/aromatic N) is 1. The molecule has 2 aromatic rings. The van der Waals surface area contributed by atoms with Crippen LogP contribution in [0.5, 0.6) is 5.75 Å². The Labute approximate surface area is 231 Å². The van der Waals surface area contributed by atoms with Crippen molar-refractivity contribution in [3.63, 3.8) is 0 Å². The van der Waals surface area contributed by atoms with E-state index in [-0.39, 0.29) is 34.8 Å². The summed E-state index contributed by atoms with van der Waals surface area (Å²) in [6, 6.07) is 10.8. The topological polar surface area (TPSA) is 64.6 Å². The second-order valence-electron chi connectivity index (χ2n) is 9.37. The Morgan fingerprint density at radius 3 is 2.27 bits per heavy atom. The average Bonchev–Trinajstić information content (AvgIpc) is 2.89. The highest BCUT2D eigenvalue weighted by atomic mass is 79.9. The zero-order chi connectivity index (χ0) is 26.4. The van der Waals surface area contributed by atoms with Crippen molar-refractivity contribution in [2.45, 2.75) is 59.3 Å². The van der Waals surface area contributed by atoms with Crippen LogP contribution < -0.4 is 27.0 Å². The van der Waals surface area contributed by atoms with Crippen LogP contribution >= 0.6 is 0 Å². The molecule has 0 radical (unpaired) electrons. The van der Waals surface area contributed by atoms with Crippen molar-refractivity contribution in [1.29, 1.82) is 0 Å². The smallest absolute Gasteiger partial charge is 0.338 e. The molecule has 0 aromatic heterocycles. The molecule has 0 fully saturated rings. The zero-order valence-electron chi connectivity index (χ0n) is 22.7. The van der Waals surface area contributed by atoms with Crippen molar-refractivity contribution in [2.75, 3.05) is 45.2 Å². The van der Waals surface area contributed by atoms with Crippen LogP contribution in [0.1, 0.15) is 80.0 Å². The second-order valence-corrected chi connectivity index (χ2v) is 9.37. The number of quaternary nitrogens is 1. The largest absolute Gasteiger partial charge is 1.00 e. The summed E-state index contributed by atoms with van der Waals surface area (Å²) < 4.78 is 26.7. The minimum absolute atomic E-state index is 0. The summed E-state index contributed by atoms with van der Waals surface area (Å²) in [5.74, 6) is -1.29. The third kappa shape index (κ3) is 10.8. The van der Waals surface area contributed by atoms with Gasteiger partial charge < -0.3 is 36.3 Å². The van der Waals surface area contributed by atoms with Gasteiger partial charge >= 0.3 is 5.97 Å². The molecule has 6 nitrogen and oxygen atoms in total. The van der Waals surface area contributed by atoms with Gasteiger partial charge in [0.25, 0.3) is 5.91 Å². The number of rotatable bonds is 16. The summed E-state index contributed by atoms with van der Waals surface area (Å²) in [4.78, 5) is 25.2. The lowest BCUT2D eigenvalue weighted by molar-refractivity contribution is -0.906. The highest BCUT2D eigenvalue weighted by Gasteiger charge is 2.19. The van der Waals surface area contributed by atoms with Crippen LogP contribution in [0.15, 0.2) is 42.5 Å². The van der Waals surface area contributed by atoms with Gasteiger partial charge in [-0.1, -0.05) is 51.2 Å². The van der Waals surface area contributed by atoms with E-state index in [0.29, 0.717) is 24.5 Å². The standard InChI is InChI=1S/C29H41FN2O4.BrH/c1-5-8-9-10-11-14-20-35-27-16-13-12-15-24(27)28(33)31-26-18-17-23(22-25(26)30)29(34)36-21-19-32(4,6-2)7-3;/h12-13,15-18,22H,5-11,14,19-21H2,1-4H3;1H. The molecule has 0 atom stereocenters. The Balaban J connectivity index is 0.00000684. The summed E-state index contributed by atoms with van der Waals surface area (Å²) in [7, 11) is 2.10. The van der Waals surface area contributed by atoms with E-state index in [2.05, 4.69) is 33.1 Å². The van der Waals surface area contributed by atoms with Crippen LogP contribution in [-0.2, 0) is 4.74 Å². The number of benzene rings is 2. The first-order valence-electron chi connectivity index (χ1n) is 13.2. The molecule has 0 spiro atoms. The molecule has 37 heavy (non-hydrogen) atoms. The zero-order valence-corrected chi connectivity index (χ0v) is 24.2. The van der Waals surface area contributed by atoms with Crippen LogP contribution in [0.2, 0.25) is 0 Å². The minimum atomic E-state index is -0.703. The van der Waals surface area contributed by atoms with Gasteiger partial charge in [0.05, 0.1) is 43.6 Å². The van der Waals surface area contributed by atoms with Gasteiger partial charge in [0.1, 0.15) is 24.7 Å². The van der Waals surface area contributed by atoms with Gasteiger partial charge in [-0.2, -0.15) is 0 Å². The number of nitrogens with one attached hydrogen (secondary N) is 1. The summed E-state index contributed by atoms with van der Waals surface area (Å²) >= 11 is 0. The van der Waals surface area contributed by atoms with Crippen molar-refractivity contribution < 1.29 is 44.9 Å². The number of amides is 1. The van der Waals surface area contributed by atoms with E-state index in [1.54, 1.807) is 24.3 Å². The van der Waals surface area contributed by atoms with E-state index >= 15 is 0 Å².